The SMILES string of the molecule is CC(=O)NC(C)(C)c1cn(-c2ccccc2)nn1. The van der Waals surface area contributed by atoms with Crippen LogP contribution < -0.4 is 5.32 Å². The first-order valence-corrected chi connectivity index (χ1v) is 5.76. The number of hydrogen-bond acceptors (Lipinski definition) is 3. The lowest BCUT2D eigenvalue weighted by molar-refractivity contribution is -0.120. The summed E-state index contributed by atoms with van der Waals surface area (Å²) in [6.45, 7) is 5.28. The van der Waals surface area contributed by atoms with E-state index in [0.29, 0.717) is 0 Å². The molecular formula is C13H16N4O. The summed E-state index contributed by atoms with van der Waals surface area (Å²) in [4.78, 5) is 11.1. The fourth-order valence-corrected chi connectivity index (χ4v) is 1.76. The molecule has 2 rings (SSSR count). The molecule has 1 amide bonds. The van der Waals surface area contributed by atoms with E-state index in [0.717, 1.165) is 11.4 Å². The molecule has 0 unspecified atom stereocenters. The van der Waals surface area contributed by atoms with Crippen LogP contribution in [-0.4, -0.2) is 20.9 Å². The zero-order valence-electron chi connectivity index (χ0n) is 10.7. The highest BCUT2D eigenvalue weighted by atomic mass is 16.1. The predicted molar refractivity (Wildman–Crippen MR) is 68.2 cm³/mol. The molecule has 5 nitrogen and oxygen atoms in total. The Hall–Kier alpha value is -2.17. The van der Waals surface area contributed by atoms with Crippen LogP contribution in [0.2, 0.25) is 0 Å². The zero-order valence-corrected chi connectivity index (χ0v) is 10.7. The topological polar surface area (TPSA) is 59.8 Å². The van der Waals surface area contributed by atoms with Gasteiger partial charge in [-0.15, -0.1) is 5.10 Å². The lowest BCUT2D eigenvalue weighted by Gasteiger charge is -2.22. The van der Waals surface area contributed by atoms with Gasteiger partial charge in [0.05, 0.1) is 17.4 Å². The number of rotatable bonds is 3. The highest BCUT2D eigenvalue weighted by Gasteiger charge is 2.25. The Kier molecular flexibility index (Phi) is 3.14. The number of carbonyl (C=O) groups excluding carboxylic acids is 1. The number of amides is 1. The summed E-state index contributed by atoms with van der Waals surface area (Å²) in [6, 6.07) is 9.72. The van der Waals surface area contributed by atoms with Gasteiger partial charge in [0.25, 0.3) is 0 Å². The molecule has 1 aromatic heterocycles. The van der Waals surface area contributed by atoms with Crippen LogP contribution in [0.3, 0.4) is 0 Å². The summed E-state index contributed by atoms with van der Waals surface area (Å²) in [5, 5.41) is 11.0. The minimum Gasteiger partial charge on any atom is -0.346 e. The van der Waals surface area contributed by atoms with E-state index < -0.39 is 5.54 Å². The van der Waals surface area contributed by atoms with Gasteiger partial charge in [-0.25, -0.2) is 4.68 Å². The second-order valence-electron chi connectivity index (χ2n) is 4.69. The van der Waals surface area contributed by atoms with Crippen LogP contribution in [0.15, 0.2) is 36.5 Å². The Bertz CT molecular complexity index is 545. The predicted octanol–water partition coefficient (Wildman–Crippen LogP) is 1.64. The molecule has 0 fully saturated rings. The van der Waals surface area contributed by atoms with E-state index in [2.05, 4.69) is 15.6 Å². The summed E-state index contributed by atoms with van der Waals surface area (Å²) in [5.74, 6) is -0.0886. The number of para-hydroxylation sites is 1. The average molecular weight is 244 g/mol. The van der Waals surface area contributed by atoms with Gasteiger partial charge in [-0.05, 0) is 26.0 Å². The molecular weight excluding hydrogens is 228 g/mol. The number of nitrogens with zero attached hydrogens (tertiary/aromatic N) is 3. The summed E-state index contributed by atoms with van der Waals surface area (Å²) in [6.07, 6.45) is 1.82. The second kappa shape index (κ2) is 4.60. The minimum absolute atomic E-state index is 0.0886. The molecule has 5 heteroatoms. The van der Waals surface area contributed by atoms with Crippen molar-refractivity contribution in [3.8, 4) is 5.69 Å². The monoisotopic (exact) mass is 244 g/mol. The van der Waals surface area contributed by atoms with E-state index in [9.17, 15) is 4.79 Å². The van der Waals surface area contributed by atoms with Gasteiger partial charge in [0.2, 0.25) is 5.91 Å². The third kappa shape index (κ3) is 2.56. The minimum atomic E-state index is -0.529. The summed E-state index contributed by atoms with van der Waals surface area (Å²) < 4.78 is 1.69. The van der Waals surface area contributed by atoms with Gasteiger partial charge in [0, 0.05) is 6.92 Å². The molecule has 94 valence electrons. The Balaban J connectivity index is 2.28. The number of aromatic nitrogens is 3. The number of benzene rings is 1. The van der Waals surface area contributed by atoms with Crippen molar-refractivity contribution in [3.05, 3.63) is 42.2 Å². The van der Waals surface area contributed by atoms with Gasteiger partial charge in [-0.1, -0.05) is 23.4 Å². The van der Waals surface area contributed by atoms with Crippen molar-refractivity contribution < 1.29 is 4.79 Å². The van der Waals surface area contributed by atoms with Crippen molar-refractivity contribution in [1.29, 1.82) is 0 Å². The molecule has 1 heterocycles. The van der Waals surface area contributed by atoms with E-state index in [1.807, 2.05) is 50.4 Å². The molecule has 0 saturated carbocycles. The van der Waals surface area contributed by atoms with E-state index in [1.165, 1.54) is 6.92 Å². The molecule has 1 aromatic carbocycles. The normalized spacial score (nSPS) is 11.3. The highest BCUT2D eigenvalue weighted by Crippen LogP contribution is 2.18. The van der Waals surface area contributed by atoms with Crippen molar-refractivity contribution in [1.82, 2.24) is 20.3 Å². The second-order valence-corrected chi connectivity index (χ2v) is 4.69. The average Bonchev–Trinajstić information content (AvgIpc) is 2.78. The fourth-order valence-electron chi connectivity index (χ4n) is 1.76. The van der Waals surface area contributed by atoms with Gasteiger partial charge in [0.1, 0.15) is 5.69 Å². The summed E-state index contributed by atoms with van der Waals surface area (Å²) in [5.41, 5.74) is 1.13. The van der Waals surface area contributed by atoms with Crippen molar-refractivity contribution in [2.24, 2.45) is 0 Å². The molecule has 0 atom stereocenters. The molecule has 0 bridgehead atoms. The maximum atomic E-state index is 11.1. The standard InChI is InChI=1S/C13H16N4O/c1-10(18)14-13(2,3)12-9-17(16-15-12)11-7-5-4-6-8-11/h4-9H,1-3H3,(H,14,18). The zero-order chi connectivity index (χ0) is 13.2. The third-order valence-electron chi connectivity index (χ3n) is 2.64. The molecule has 0 radical (unpaired) electrons. The summed E-state index contributed by atoms with van der Waals surface area (Å²) in [7, 11) is 0. The van der Waals surface area contributed by atoms with Crippen molar-refractivity contribution in [3.63, 3.8) is 0 Å². The summed E-state index contributed by atoms with van der Waals surface area (Å²) >= 11 is 0. The lowest BCUT2D eigenvalue weighted by atomic mass is 10.0. The van der Waals surface area contributed by atoms with E-state index in [-0.39, 0.29) is 5.91 Å². The smallest absolute Gasteiger partial charge is 0.217 e. The number of nitrogens with one attached hydrogen (secondary N) is 1. The molecule has 2 aromatic rings. The molecule has 0 spiro atoms. The molecule has 0 aliphatic carbocycles. The largest absolute Gasteiger partial charge is 0.346 e. The number of carbonyl (C=O) groups is 1. The first kappa shape index (κ1) is 12.3. The number of hydrogen-bond donors (Lipinski definition) is 1. The molecule has 1 N–H and O–H groups in total. The Morgan fingerprint density at radius 2 is 1.94 bits per heavy atom. The molecule has 0 saturated heterocycles. The van der Waals surface area contributed by atoms with Crippen LogP contribution in [0.25, 0.3) is 5.69 Å². The molecule has 18 heavy (non-hydrogen) atoms. The quantitative estimate of drug-likeness (QED) is 0.892. The van der Waals surface area contributed by atoms with Crippen LogP contribution in [0, 0.1) is 0 Å². The van der Waals surface area contributed by atoms with Gasteiger partial charge >= 0.3 is 0 Å². The van der Waals surface area contributed by atoms with Gasteiger partial charge in [-0.2, -0.15) is 0 Å². The van der Waals surface area contributed by atoms with Gasteiger partial charge in [0.15, 0.2) is 0 Å². The Labute approximate surface area is 106 Å². The van der Waals surface area contributed by atoms with Crippen LogP contribution >= 0.6 is 0 Å². The van der Waals surface area contributed by atoms with Crippen molar-refractivity contribution >= 4 is 5.91 Å². The van der Waals surface area contributed by atoms with Crippen LogP contribution in [0.4, 0.5) is 0 Å². The maximum absolute atomic E-state index is 11.1. The molecule has 0 aliphatic rings. The van der Waals surface area contributed by atoms with E-state index >= 15 is 0 Å². The fraction of sp³-hybridized carbons (Fsp3) is 0.308. The van der Waals surface area contributed by atoms with Crippen LogP contribution in [0.5, 0.6) is 0 Å². The third-order valence-corrected chi connectivity index (χ3v) is 2.64. The van der Waals surface area contributed by atoms with Crippen molar-refractivity contribution in [2.45, 2.75) is 26.3 Å². The van der Waals surface area contributed by atoms with Gasteiger partial charge in [-0.3, -0.25) is 4.79 Å². The Morgan fingerprint density at radius 1 is 1.28 bits per heavy atom. The van der Waals surface area contributed by atoms with Gasteiger partial charge < -0.3 is 5.32 Å². The highest BCUT2D eigenvalue weighted by molar-refractivity contribution is 5.73. The maximum Gasteiger partial charge on any atom is 0.217 e. The van der Waals surface area contributed by atoms with E-state index in [4.69, 9.17) is 0 Å². The first-order chi connectivity index (χ1) is 8.49. The van der Waals surface area contributed by atoms with Crippen molar-refractivity contribution in [2.75, 3.05) is 0 Å². The Morgan fingerprint density at radius 3 is 2.56 bits per heavy atom. The molecule has 0 aliphatic heterocycles. The van der Waals surface area contributed by atoms with E-state index in [1.54, 1.807) is 4.68 Å². The van der Waals surface area contributed by atoms with Crippen LogP contribution in [-0.2, 0) is 10.3 Å². The lowest BCUT2D eigenvalue weighted by Crippen LogP contribution is -2.39. The van der Waals surface area contributed by atoms with Crippen LogP contribution in [0.1, 0.15) is 26.5 Å². The first-order valence-electron chi connectivity index (χ1n) is 5.76.